The van der Waals surface area contributed by atoms with Gasteiger partial charge in [0.2, 0.25) is 0 Å². The van der Waals surface area contributed by atoms with E-state index in [0.717, 1.165) is 28.6 Å². The highest BCUT2D eigenvalue weighted by Crippen LogP contribution is 2.44. The molecule has 1 saturated heterocycles. The van der Waals surface area contributed by atoms with Crippen LogP contribution in [0.5, 0.6) is 11.5 Å². The number of carbonyl (C=O) groups is 2. The van der Waals surface area contributed by atoms with E-state index in [1.54, 1.807) is 31.4 Å². The van der Waals surface area contributed by atoms with Crippen LogP contribution >= 0.6 is 11.3 Å². The minimum atomic E-state index is -0.858. The smallest absolute Gasteiger partial charge is 0.301 e. The molecule has 7 nitrogen and oxygen atoms in total. The first-order chi connectivity index (χ1) is 18.4. The third-order valence-corrected chi connectivity index (χ3v) is 7.55. The summed E-state index contributed by atoms with van der Waals surface area (Å²) in [5.74, 6) is -0.439. The van der Waals surface area contributed by atoms with Crippen LogP contribution in [0.3, 0.4) is 0 Å². The van der Waals surface area contributed by atoms with Crippen LogP contribution in [0.25, 0.3) is 16.0 Å². The first-order valence-electron chi connectivity index (χ1n) is 12.5. The number of nitrogens with zero attached hydrogens (tertiary/aromatic N) is 2. The maximum Gasteiger partial charge on any atom is 0.301 e. The predicted molar refractivity (Wildman–Crippen MR) is 149 cm³/mol. The zero-order valence-corrected chi connectivity index (χ0v) is 22.2. The Hall–Kier alpha value is -4.17. The normalized spacial score (nSPS) is 16.8. The number of ether oxygens (including phenoxy) is 2. The van der Waals surface area contributed by atoms with Gasteiger partial charge in [-0.2, -0.15) is 0 Å². The van der Waals surface area contributed by atoms with Crippen molar-refractivity contribution in [3.8, 4) is 11.5 Å². The van der Waals surface area contributed by atoms with Crippen LogP contribution in [-0.2, 0) is 16.0 Å². The summed E-state index contributed by atoms with van der Waals surface area (Å²) in [4.78, 5) is 33.1. The van der Waals surface area contributed by atoms with Gasteiger partial charge >= 0.3 is 5.91 Å². The van der Waals surface area contributed by atoms with Crippen molar-refractivity contribution in [3.05, 3.63) is 89.0 Å². The van der Waals surface area contributed by atoms with Gasteiger partial charge < -0.3 is 14.6 Å². The second-order valence-corrected chi connectivity index (χ2v) is 9.98. The number of aryl methyl sites for hydroxylation is 1. The van der Waals surface area contributed by atoms with Gasteiger partial charge in [0.1, 0.15) is 17.3 Å². The maximum atomic E-state index is 13.5. The Labute approximate surface area is 225 Å². The molecule has 1 aromatic heterocycles. The van der Waals surface area contributed by atoms with Crippen molar-refractivity contribution >= 4 is 44.1 Å². The van der Waals surface area contributed by atoms with Crippen LogP contribution in [0.2, 0.25) is 0 Å². The summed E-state index contributed by atoms with van der Waals surface area (Å²) in [5, 5.41) is 11.7. The number of rotatable bonds is 8. The lowest BCUT2D eigenvalue weighted by Crippen LogP contribution is -2.29. The van der Waals surface area contributed by atoms with Crippen molar-refractivity contribution in [2.75, 3.05) is 18.6 Å². The van der Waals surface area contributed by atoms with Gasteiger partial charge in [-0.25, -0.2) is 4.98 Å². The molecule has 5 rings (SSSR count). The summed E-state index contributed by atoms with van der Waals surface area (Å²) in [6.07, 6.45) is 1.75. The van der Waals surface area contributed by atoms with E-state index in [1.807, 2.05) is 43.3 Å². The van der Waals surface area contributed by atoms with E-state index in [0.29, 0.717) is 34.4 Å². The van der Waals surface area contributed by atoms with Gasteiger partial charge in [0.05, 0.1) is 35.5 Å². The zero-order valence-electron chi connectivity index (χ0n) is 21.4. The number of anilines is 1. The highest BCUT2D eigenvalue weighted by atomic mass is 32.1. The molecule has 8 heteroatoms. The number of thiazole rings is 1. The number of aromatic nitrogens is 1. The average molecular weight is 529 g/mol. The molecule has 1 fully saturated rings. The average Bonchev–Trinajstić information content (AvgIpc) is 3.49. The number of amides is 1. The predicted octanol–water partition coefficient (Wildman–Crippen LogP) is 6.28. The number of fused-ring (bicyclic) bond motifs is 1. The molecule has 0 unspecified atom stereocenters. The van der Waals surface area contributed by atoms with Gasteiger partial charge in [-0.15, -0.1) is 0 Å². The lowest BCUT2D eigenvalue weighted by Gasteiger charge is -2.23. The molecule has 1 N–H and O–H groups in total. The number of aliphatic hydroxyl groups is 1. The van der Waals surface area contributed by atoms with Gasteiger partial charge in [-0.3, -0.25) is 14.5 Å². The number of Topliss-reactive ketones (excluding diaryl/α,β-unsaturated/α-hetero) is 1. The first-order valence-corrected chi connectivity index (χ1v) is 13.3. The highest BCUT2D eigenvalue weighted by Gasteiger charge is 2.48. The van der Waals surface area contributed by atoms with E-state index in [-0.39, 0.29) is 11.3 Å². The Morgan fingerprint density at radius 3 is 2.37 bits per heavy atom. The number of methoxy groups -OCH3 is 1. The molecule has 0 bridgehead atoms. The van der Waals surface area contributed by atoms with E-state index in [1.165, 1.54) is 16.2 Å². The molecule has 1 aliphatic rings. The molecule has 4 aromatic rings. The lowest BCUT2D eigenvalue weighted by atomic mass is 9.95. The largest absolute Gasteiger partial charge is 0.507 e. The van der Waals surface area contributed by atoms with Gasteiger partial charge in [0.25, 0.3) is 5.78 Å². The van der Waals surface area contributed by atoms with Crippen LogP contribution in [0.4, 0.5) is 5.13 Å². The number of aliphatic hydroxyl groups excluding tert-OH is 1. The maximum absolute atomic E-state index is 13.5. The first kappa shape index (κ1) is 25.5. The van der Waals surface area contributed by atoms with Gasteiger partial charge in [0, 0.05) is 5.56 Å². The molecule has 1 aliphatic heterocycles. The summed E-state index contributed by atoms with van der Waals surface area (Å²) in [5.41, 5.74) is 3.00. The minimum absolute atomic E-state index is 0.0101. The molecular formula is C30H28N2O5S. The summed E-state index contributed by atoms with van der Waals surface area (Å²) < 4.78 is 11.9. The van der Waals surface area contributed by atoms with Crippen LogP contribution < -0.4 is 14.4 Å². The van der Waals surface area contributed by atoms with Crippen molar-refractivity contribution < 1.29 is 24.2 Å². The van der Waals surface area contributed by atoms with E-state index in [2.05, 4.69) is 13.0 Å². The van der Waals surface area contributed by atoms with Gasteiger partial charge in [-0.1, -0.05) is 43.4 Å². The third-order valence-electron chi connectivity index (χ3n) is 6.53. The number of hydrogen-bond donors (Lipinski definition) is 1. The molecule has 2 heterocycles. The van der Waals surface area contributed by atoms with Crippen LogP contribution in [-0.4, -0.2) is 35.5 Å². The van der Waals surface area contributed by atoms with Gasteiger partial charge in [0.15, 0.2) is 5.13 Å². The Bertz CT molecular complexity index is 1520. The third kappa shape index (κ3) is 4.63. The van der Waals surface area contributed by atoms with Crippen molar-refractivity contribution in [1.29, 1.82) is 0 Å². The number of benzene rings is 3. The topological polar surface area (TPSA) is 89.0 Å². The fourth-order valence-corrected chi connectivity index (χ4v) is 5.55. The summed E-state index contributed by atoms with van der Waals surface area (Å²) in [7, 11) is 1.55. The quantitative estimate of drug-likeness (QED) is 0.164. The SMILES string of the molecule is CCCOc1ccc([C@H]2C(=C(O)c3ccc(OC)cc3)C(=O)C(=O)N2c2nc3ccc(CC)cc3s2)cc1. The van der Waals surface area contributed by atoms with E-state index in [9.17, 15) is 14.7 Å². The van der Waals surface area contributed by atoms with Crippen LogP contribution in [0, 0.1) is 0 Å². The van der Waals surface area contributed by atoms with E-state index < -0.39 is 17.7 Å². The second kappa shape index (κ2) is 10.7. The molecule has 3 aromatic carbocycles. The monoisotopic (exact) mass is 528 g/mol. The second-order valence-electron chi connectivity index (χ2n) is 8.97. The van der Waals surface area contributed by atoms with Gasteiger partial charge in [-0.05, 0) is 72.5 Å². The molecule has 194 valence electrons. The van der Waals surface area contributed by atoms with Crippen molar-refractivity contribution in [2.24, 2.45) is 0 Å². The highest BCUT2D eigenvalue weighted by molar-refractivity contribution is 7.22. The summed E-state index contributed by atoms with van der Waals surface area (Å²) >= 11 is 1.35. The molecular weight excluding hydrogens is 500 g/mol. The number of carbonyl (C=O) groups excluding carboxylic acids is 2. The van der Waals surface area contributed by atoms with Crippen LogP contribution in [0.1, 0.15) is 43.0 Å². The molecule has 0 spiro atoms. The Morgan fingerprint density at radius 2 is 1.71 bits per heavy atom. The molecule has 1 atom stereocenters. The Kier molecular flexibility index (Phi) is 7.15. The molecule has 1 amide bonds. The van der Waals surface area contributed by atoms with Crippen LogP contribution in [0.15, 0.2) is 72.3 Å². The van der Waals surface area contributed by atoms with Crippen molar-refractivity contribution in [3.63, 3.8) is 0 Å². The Morgan fingerprint density at radius 1 is 1.00 bits per heavy atom. The standard InChI is InChI=1S/C30H28N2O5S/c1-4-16-37-22-13-7-19(8-14-22)26-25(27(33)20-9-11-21(36-3)12-10-20)28(34)29(35)32(26)30-31-23-15-6-18(5-2)17-24(23)38-30/h6-15,17,26,33H,4-5,16H2,1-3H3/t26-/m0/s1. The number of ketones is 1. The fraction of sp³-hybridized carbons (Fsp3) is 0.233. The summed E-state index contributed by atoms with van der Waals surface area (Å²) in [6.45, 7) is 4.69. The lowest BCUT2D eigenvalue weighted by molar-refractivity contribution is -0.132. The summed E-state index contributed by atoms with van der Waals surface area (Å²) in [6, 6.07) is 19.1. The fourth-order valence-electron chi connectivity index (χ4n) is 4.50. The Balaban J connectivity index is 1.65. The molecule has 38 heavy (non-hydrogen) atoms. The zero-order chi connectivity index (χ0) is 26.8. The number of hydrogen-bond acceptors (Lipinski definition) is 7. The molecule has 0 aliphatic carbocycles. The van der Waals surface area contributed by atoms with E-state index in [4.69, 9.17) is 14.5 Å². The molecule has 0 radical (unpaired) electrons. The van der Waals surface area contributed by atoms with Crippen molar-refractivity contribution in [1.82, 2.24) is 4.98 Å². The van der Waals surface area contributed by atoms with Crippen molar-refractivity contribution in [2.45, 2.75) is 32.7 Å². The molecule has 0 saturated carbocycles. The minimum Gasteiger partial charge on any atom is -0.507 e. The van der Waals surface area contributed by atoms with E-state index >= 15 is 0 Å².